The van der Waals surface area contributed by atoms with Gasteiger partial charge in [-0.15, -0.1) is 0 Å². The van der Waals surface area contributed by atoms with Crippen molar-refractivity contribution in [2.45, 2.75) is 26.7 Å². The zero-order chi connectivity index (χ0) is 28.5. The SMILES string of the molecule is CCc1ccc2c(c1)c1cc(CC)ccc1n2-c1ccc(N(c2ccccc2)c2ccc(-c3ccccc3)cc2)cc1. The van der Waals surface area contributed by atoms with Crippen molar-refractivity contribution in [3.05, 3.63) is 157 Å². The van der Waals surface area contributed by atoms with Gasteiger partial charge in [0.1, 0.15) is 0 Å². The average molecular weight is 543 g/mol. The summed E-state index contributed by atoms with van der Waals surface area (Å²) in [5.74, 6) is 0. The van der Waals surface area contributed by atoms with Crippen molar-refractivity contribution in [1.29, 1.82) is 0 Å². The van der Waals surface area contributed by atoms with Gasteiger partial charge in [0.05, 0.1) is 11.0 Å². The van der Waals surface area contributed by atoms with Crippen LogP contribution in [0.5, 0.6) is 0 Å². The van der Waals surface area contributed by atoms with Crippen molar-refractivity contribution in [2.75, 3.05) is 4.90 Å². The Morgan fingerprint density at radius 1 is 0.452 bits per heavy atom. The summed E-state index contributed by atoms with van der Waals surface area (Å²) in [7, 11) is 0. The van der Waals surface area contributed by atoms with Gasteiger partial charge in [-0.25, -0.2) is 0 Å². The summed E-state index contributed by atoms with van der Waals surface area (Å²) in [6.07, 6.45) is 2.07. The Morgan fingerprint density at radius 3 is 1.43 bits per heavy atom. The molecule has 42 heavy (non-hydrogen) atoms. The largest absolute Gasteiger partial charge is 0.311 e. The minimum absolute atomic E-state index is 1.03. The molecular formula is C40H34N2. The predicted octanol–water partition coefficient (Wildman–Crippen LogP) is 11.0. The van der Waals surface area contributed by atoms with Crippen LogP contribution in [0.1, 0.15) is 25.0 Å². The van der Waals surface area contributed by atoms with Gasteiger partial charge in [0.2, 0.25) is 0 Å². The molecule has 0 fully saturated rings. The second kappa shape index (κ2) is 11.1. The van der Waals surface area contributed by atoms with Gasteiger partial charge < -0.3 is 9.47 Å². The third kappa shape index (κ3) is 4.65. The molecule has 0 aliphatic rings. The zero-order valence-corrected chi connectivity index (χ0v) is 24.2. The summed E-state index contributed by atoms with van der Waals surface area (Å²) in [5, 5.41) is 2.65. The molecule has 204 valence electrons. The lowest BCUT2D eigenvalue weighted by Gasteiger charge is -2.26. The second-order valence-corrected chi connectivity index (χ2v) is 10.8. The Kier molecular flexibility index (Phi) is 6.81. The lowest BCUT2D eigenvalue weighted by molar-refractivity contribution is 1.13. The van der Waals surface area contributed by atoms with Crippen molar-refractivity contribution < 1.29 is 0 Å². The summed E-state index contributed by atoms with van der Waals surface area (Å²) < 4.78 is 2.41. The van der Waals surface area contributed by atoms with Gasteiger partial charge in [0.15, 0.2) is 0 Å². The summed E-state index contributed by atoms with van der Waals surface area (Å²) in [4.78, 5) is 2.32. The fourth-order valence-electron chi connectivity index (χ4n) is 6.04. The number of hydrogen-bond donors (Lipinski definition) is 0. The highest BCUT2D eigenvalue weighted by molar-refractivity contribution is 6.09. The lowest BCUT2D eigenvalue weighted by atomic mass is 10.0. The van der Waals surface area contributed by atoms with E-state index in [0.29, 0.717) is 0 Å². The van der Waals surface area contributed by atoms with Crippen molar-refractivity contribution in [2.24, 2.45) is 0 Å². The first-order valence-electron chi connectivity index (χ1n) is 14.9. The molecule has 0 N–H and O–H groups in total. The Balaban J connectivity index is 1.32. The van der Waals surface area contributed by atoms with E-state index in [1.807, 2.05) is 0 Å². The van der Waals surface area contributed by atoms with Gasteiger partial charge in [0, 0.05) is 33.5 Å². The molecule has 7 rings (SSSR count). The van der Waals surface area contributed by atoms with Crippen molar-refractivity contribution in [3.63, 3.8) is 0 Å². The lowest BCUT2D eigenvalue weighted by Crippen LogP contribution is -2.10. The number of hydrogen-bond acceptors (Lipinski definition) is 1. The molecule has 0 spiro atoms. The standard InChI is InChI=1S/C40H34N2/c1-3-29-15-25-39-37(27-29)38-28-30(4-2)16-26-40(38)42(39)36-23-21-35(22-24-36)41(33-13-9-6-10-14-33)34-19-17-32(18-20-34)31-11-7-5-8-12-31/h5-28H,3-4H2,1-2H3. The normalized spacial score (nSPS) is 11.3. The summed E-state index contributed by atoms with van der Waals surface area (Å²) in [5.41, 5.74) is 12.2. The summed E-state index contributed by atoms with van der Waals surface area (Å²) in [6.45, 7) is 4.45. The predicted molar refractivity (Wildman–Crippen MR) is 180 cm³/mol. The fourth-order valence-corrected chi connectivity index (χ4v) is 6.04. The van der Waals surface area contributed by atoms with E-state index >= 15 is 0 Å². The highest BCUT2D eigenvalue weighted by atomic mass is 15.1. The van der Waals surface area contributed by atoms with Gasteiger partial charge in [0.25, 0.3) is 0 Å². The Morgan fingerprint density at radius 2 is 0.905 bits per heavy atom. The molecule has 2 heteroatoms. The molecule has 0 saturated heterocycles. The van der Waals surface area contributed by atoms with E-state index < -0.39 is 0 Å². The molecule has 0 bridgehead atoms. The van der Waals surface area contributed by atoms with Crippen molar-refractivity contribution in [1.82, 2.24) is 4.57 Å². The van der Waals surface area contributed by atoms with Gasteiger partial charge >= 0.3 is 0 Å². The zero-order valence-electron chi connectivity index (χ0n) is 24.2. The number of benzene rings is 6. The monoisotopic (exact) mass is 542 g/mol. The third-order valence-corrected chi connectivity index (χ3v) is 8.32. The first-order chi connectivity index (χ1) is 20.7. The number of rotatable bonds is 7. The topological polar surface area (TPSA) is 8.17 Å². The van der Waals surface area contributed by atoms with Crippen molar-refractivity contribution >= 4 is 38.9 Å². The highest BCUT2D eigenvalue weighted by Gasteiger charge is 2.16. The maximum absolute atomic E-state index is 2.41. The molecule has 0 aliphatic heterocycles. The fraction of sp³-hybridized carbons (Fsp3) is 0.100. The van der Waals surface area contributed by atoms with E-state index in [-0.39, 0.29) is 0 Å². The molecular weight excluding hydrogens is 508 g/mol. The molecule has 2 nitrogen and oxygen atoms in total. The number of nitrogens with zero attached hydrogens (tertiary/aromatic N) is 2. The Labute approximate surface area is 248 Å². The van der Waals surface area contributed by atoms with Crippen LogP contribution < -0.4 is 4.90 Å². The third-order valence-electron chi connectivity index (χ3n) is 8.32. The van der Waals surface area contributed by atoms with Crippen LogP contribution in [0.25, 0.3) is 38.6 Å². The Hall–Kier alpha value is -5.08. The quantitative estimate of drug-likeness (QED) is 0.194. The number of fused-ring (bicyclic) bond motifs is 3. The van der Waals surface area contributed by atoms with E-state index in [2.05, 4.69) is 169 Å². The van der Waals surface area contributed by atoms with E-state index in [1.165, 1.54) is 49.7 Å². The molecule has 1 aromatic heterocycles. The molecule has 0 aliphatic carbocycles. The van der Waals surface area contributed by atoms with Crippen LogP contribution in [-0.2, 0) is 12.8 Å². The van der Waals surface area contributed by atoms with E-state index in [0.717, 1.165) is 29.9 Å². The van der Waals surface area contributed by atoms with Gasteiger partial charge in [-0.1, -0.05) is 86.6 Å². The number of aryl methyl sites for hydroxylation is 2. The average Bonchev–Trinajstić information content (AvgIpc) is 3.39. The minimum atomic E-state index is 1.03. The summed E-state index contributed by atoms with van der Waals surface area (Å²) in [6, 6.07) is 52.9. The molecule has 0 atom stereocenters. The molecule has 6 aromatic carbocycles. The van der Waals surface area contributed by atoms with E-state index in [1.54, 1.807) is 0 Å². The molecule has 1 heterocycles. The number of anilines is 3. The van der Waals surface area contributed by atoms with E-state index in [4.69, 9.17) is 0 Å². The number of aromatic nitrogens is 1. The molecule has 0 saturated carbocycles. The van der Waals surface area contributed by atoms with Crippen LogP contribution in [0.4, 0.5) is 17.1 Å². The first-order valence-corrected chi connectivity index (χ1v) is 14.9. The molecule has 0 unspecified atom stereocenters. The van der Waals surface area contributed by atoms with Gasteiger partial charge in [-0.2, -0.15) is 0 Å². The highest BCUT2D eigenvalue weighted by Crippen LogP contribution is 2.38. The number of para-hydroxylation sites is 1. The first kappa shape index (κ1) is 25.9. The smallest absolute Gasteiger partial charge is 0.0541 e. The molecule has 7 aromatic rings. The van der Waals surface area contributed by atoms with Gasteiger partial charge in [-0.3, -0.25) is 0 Å². The van der Waals surface area contributed by atoms with Crippen LogP contribution in [0.15, 0.2) is 146 Å². The minimum Gasteiger partial charge on any atom is -0.311 e. The van der Waals surface area contributed by atoms with Gasteiger partial charge in [-0.05, 0) is 108 Å². The maximum atomic E-state index is 2.41. The van der Waals surface area contributed by atoms with Crippen LogP contribution >= 0.6 is 0 Å². The summed E-state index contributed by atoms with van der Waals surface area (Å²) >= 11 is 0. The van der Waals surface area contributed by atoms with E-state index in [9.17, 15) is 0 Å². The van der Waals surface area contributed by atoms with Crippen LogP contribution in [-0.4, -0.2) is 4.57 Å². The van der Waals surface area contributed by atoms with Crippen LogP contribution in [0.2, 0.25) is 0 Å². The van der Waals surface area contributed by atoms with Crippen LogP contribution in [0.3, 0.4) is 0 Å². The Bertz CT molecular complexity index is 1910. The van der Waals surface area contributed by atoms with Crippen LogP contribution in [0, 0.1) is 0 Å². The second-order valence-electron chi connectivity index (χ2n) is 10.8. The molecule has 0 amide bonds. The van der Waals surface area contributed by atoms with Crippen molar-refractivity contribution in [3.8, 4) is 16.8 Å². The maximum Gasteiger partial charge on any atom is 0.0541 e. The molecule has 0 radical (unpaired) electrons.